The van der Waals surface area contributed by atoms with Gasteiger partial charge in [-0.1, -0.05) is 19.9 Å². The highest BCUT2D eigenvalue weighted by Crippen LogP contribution is 1.85. The molecule has 0 bridgehead atoms. The molecule has 0 aromatic carbocycles. The molecule has 0 rings (SSSR count). The largest absolute Gasteiger partial charge is 0.502 e. The van der Waals surface area contributed by atoms with E-state index in [-0.39, 0.29) is 6.15 Å². The van der Waals surface area contributed by atoms with E-state index >= 15 is 0 Å². The van der Waals surface area contributed by atoms with E-state index in [0.717, 1.165) is 13.0 Å². The van der Waals surface area contributed by atoms with Crippen molar-refractivity contribution in [3.8, 4) is 0 Å². The van der Waals surface area contributed by atoms with Crippen molar-refractivity contribution in [2.75, 3.05) is 6.61 Å². The number of unbranched alkanes of at least 4 members (excludes halogenated alkanes) is 1. The van der Waals surface area contributed by atoms with Crippen LogP contribution in [-0.4, -0.2) is 6.61 Å². The Morgan fingerprint density at radius 1 is 1.62 bits per heavy atom. The van der Waals surface area contributed by atoms with E-state index in [2.05, 4.69) is 13.5 Å². The van der Waals surface area contributed by atoms with E-state index in [4.69, 9.17) is 4.74 Å². The zero-order chi connectivity index (χ0) is 5.54. The normalized spacial score (nSPS) is 7.12. The van der Waals surface area contributed by atoms with Gasteiger partial charge in [-0.25, -0.2) is 0 Å². The van der Waals surface area contributed by atoms with Gasteiger partial charge < -0.3 is 10.9 Å². The van der Waals surface area contributed by atoms with Crippen LogP contribution in [0.3, 0.4) is 0 Å². The minimum atomic E-state index is 0. The van der Waals surface area contributed by atoms with E-state index in [1.165, 1.54) is 12.7 Å². The minimum absolute atomic E-state index is 0. The zero-order valence-electron chi connectivity index (χ0n) is 5.52. The predicted molar refractivity (Wildman–Crippen MR) is 36.1 cm³/mol. The Morgan fingerprint density at radius 3 is 2.62 bits per heavy atom. The van der Waals surface area contributed by atoms with Crippen molar-refractivity contribution in [3.05, 3.63) is 12.8 Å². The third kappa shape index (κ3) is 9.09. The van der Waals surface area contributed by atoms with Crippen LogP contribution >= 0.6 is 0 Å². The number of rotatable bonds is 4. The lowest BCUT2D eigenvalue weighted by Crippen LogP contribution is -1.83. The minimum Gasteiger partial charge on any atom is -0.502 e. The third-order valence-corrected chi connectivity index (χ3v) is 0.734. The summed E-state index contributed by atoms with van der Waals surface area (Å²) in [5.74, 6) is 0. The van der Waals surface area contributed by atoms with E-state index in [9.17, 15) is 0 Å². The first-order chi connectivity index (χ1) is 3.41. The smallest absolute Gasteiger partial charge is 0.0872 e. The molecule has 0 fully saturated rings. The number of hydrogen-bond acceptors (Lipinski definition) is 2. The molecule has 0 saturated heterocycles. The molecule has 0 radical (unpaired) electrons. The summed E-state index contributed by atoms with van der Waals surface area (Å²) in [6.45, 7) is 6.36. The number of hydrogen-bond donors (Lipinski definition) is 1. The summed E-state index contributed by atoms with van der Waals surface area (Å²) in [6.07, 6.45) is 3.80. The van der Waals surface area contributed by atoms with Gasteiger partial charge in [-0.2, -0.15) is 0 Å². The molecular weight excluding hydrogens is 102 g/mol. The lowest BCUT2D eigenvalue weighted by molar-refractivity contribution is 0.245. The molecule has 8 heavy (non-hydrogen) atoms. The van der Waals surface area contributed by atoms with Crippen molar-refractivity contribution in [1.29, 1.82) is 0 Å². The van der Waals surface area contributed by atoms with Crippen LogP contribution in [0.1, 0.15) is 19.8 Å². The van der Waals surface area contributed by atoms with Gasteiger partial charge >= 0.3 is 0 Å². The van der Waals surface area contributed by atoms with Crippen LogP contribution in [-0.2, 0) is 4.74 Å². The maximum atomic E-state index is 4.84. The molecule has 3 N–H and O–H groups in total. The van der Waals surface area contributed by atoms with Crippen molar-refractivity contribution in [2.24, 2.45) is 0 Å². The lowest BCUT2D eigenvalue weighted by atomic mass is 10.4. The fourth-order valence-corrected chi connectivity index (χ4v) is 0.311. The first-order valence-electron chi connectivity index (χ1n) is 2.64. The van der Waals surface area contributed by atoms with E-state index < -0.39 is 0 Å². The Hall–Kier alpha value is -0.500. The van der Waals surface area contributed by atoms with Crippen LogP contribution in [0.4, 0.5) is 0 Å². The lowest BCUT2D eigenvalue weighted by Gasteiger charge is -1.93. The van der Waals surface area contributed by atoms with Gasteiger partial charge in [-0.3, -0.25) is 0 Å². The van der Waals surface area contributed by atoms with Crippen LogP contribution in [0, 0.1) is 0 Å². The third-order valence-electron chi connectivity index (χ3n) is 0.734. The van der Waals surface area contributed by atoms with Crippen molar-refractivity contribution < 1.29 is 4.74 Å². The summed E-state index contributed by atoms with van der Waals surface area (Å²) < 4.78 is 4.84. The molecule has 0 aromatic rings. The van der Waals surface area contributed by atoms with Gasteiger partial charge in [0.1, 0.15) is 0 Å². The van der Waals surface area contributed by atoms with Crippen LogP contribution in [0.5, 0.6) is 0 Å². The molecule has 0 heterocycles. The van der Waals surface area contributed by atoms with Crippen molar-refractivity contribution in [2.45, 2.75) is 19.8 Å². The highest BCUT2D eigenvalue weighted by atomic mass is 16.5. The average molecular weight is 117 g/mol. The van der Waals surface area contributed by atoms with Gasteiger partial charge in [-0.05, 0) is 6.42 Å². The Kier molecular flexibility index (Phi) is 12.7. The molecule has 0 aliphatic carbocycles. The zero-order valence-corrected chi connectivity index (χ0v) is 5.52. The fraction of sp³-hybridized carbons (Fsp3) is 0.667. The molecule has 0 aliphatic rings. The van der Waals surface area contributed by atoms with E-state index in [1.54, 1.807) is 0 Å². The van der Waals surface area contributed by atoms with Gasteiger partial charge in [0.05, 0.1) is 12.9 Å². The van der Waals surface area contributed by atoms with E-state index in [0.29, 0.717) is 0 Å². The average Bonchev–Trinajstić information content (AvgIpc) is 1.69. The second-order valence-corrected chi connectivity index (χ2v) is 1.39. The molecule has 0 saturated carbocycles. The predicted octanol–water partition coefficient (Wildman–Crippen LogP) is 2.11. The Morgan fingerprint density at radius 2 is 2.25 bits per heavy atom. The summed E-state index contributed by atoms with van der Waals surface area (Å²) in [5.41, 5.74) is 0. The Balaban J connectivity index is 0. The summed E-state index contributed by atoms with van der Waals surface area (Å²) >= 11 is 0. The monoisotopic (exact) mass is 117 g/mol. The summed E-state index contributed by atoms with van der Waals surface area (Å²) in [5, 5.41) is 0. The van der Waals surface area contributed by atoms with Crippen molar-refractivity contribution >= 4 is 0 Å². The van der Waals surface area contributed by atoms with Gasteiger partial charge in [0, 0.05) is 0 Å². The SMILES string of the molecule is C=COCCCC.N. The topological polar surface area (TPSA) is 44.2 Å². The Labute approximate surface area is 51.1 Å². The molecule has 0 unspecified atom stereocenters. The molecule has 0 atom stereocenters. The van der Waals surface area contributed by atoms with Crippen molar-refractivity contribution in [3.63, 3.8) is 0 Å². The van der Waals surface area contributed by atoms with Crippen LogP contribution in [0.2, 0.25) is 0 Å². The number of ether oxygens (including phenoxy) is 1. The first kappa shape index (κ1) is 10.5. The molecule has 2 nitrogen and oxygen atoms in total. The fourth-order valence-electron chi connectivity index (χ4n) is 0.311. The van der Waals surface area contributed by atoms with E-state index in [1.807, 2.05) is 0 Å². The summed E-state index contributed by atoms with van der Waals surface area (Å²) in [4.78, 5) is 0. The van der Waals surface area contributed by atoms with Crippen molar-refractivity contribution in [1.82, 2.24) is 6.15 Å². The molecule has 50 valence electrons. The molecular formula is C6H15NO. The Bertz CT molecular complexity index is 45.8. The highest BCUT2D eigenvalue weighted by Gasteiger charge is 1.76. The van der Waals surface area contributed by atoms with Gasteiger partial charge in [0.15, 0.2) is 0 Å². The molecule has 0 amide bonds. The quantitative estimate of drug-likeness (QED) is 0.452. The maximum Gasteiger partial charge on any atom is 0.0872 e. The summed E-state index contributed by atoms with van der Waals surface area (Å²) in [6, 6.07) is 0. The second kappa shape index (κ2) is 9.71. The first-order valence-corrected chi connectivity index (χ1v) is 2.64. The molecule has 0 aromatic heterocycles. The molecule has 0 aliphatic heterocycles. The van der Waals surface area contributed by atoms with Crippen LogP contribution < -0.4 is 6.15 Å². The van der Waals surface area contributed by atoms with Crippen LogP contribution in [0.15, 0.2) is 12.8 Å². The standard InChI is InChI=1S/C6H12O.H3N/c1-3-5-6-7-4-2;/h4H,2-3,5-6H2,1H3;1H3. The maximum absolute atomic E-state index is 4.84. The van der Waals surface area contributed by atoms with Crippen LogP contribution in [0.25, 0.3) is 0 Å². The van der Waals surface area contributed by atoms with Gasteiger partial charge in [0.2, 0.25) is 0 Å². The highest BCUT2D eigenvalue weighted by molar-refractivity contribution is 4.47. The second-order valence-electron chi connectivity index (χ2n) is 1.39. The summed E-state index contributed by atoms with van der Waals surface area (Å²) in [7, 11) is 0. The molecule has 0 spiro atoms. The molecule has 2 heteroatoms. The van der Waals surface area contributed by atoms with Gasteiger partial charge in [-0.15, -0.1) is 0 Å². The van der Waals surface area contributed by atoms with Gasteiger partial charge in [0.25, 0.3) is 0 Å².